The molecule has 1 aliphatic heterocycles. The molecule has 5 heteroatoms. The molecule has 35 heavy (non-hydrogen) atoms. The number of nitrogens with one attached hydrogen (secondary N) is 1. The monoisotopic (exact) mass is 469 g/mol. The van der Waals surface area contributed by atoms with E-state index >= 15 is 4.39 Å². The zero-order valence-electron chi connectivity index (χ0n) is 19.8. The first-order chi connectivity index (χ1) is 16.9. The normalized spacial score (nSPS) is 18.0. The minimum atomic E-state index is -1.26. The standard InChI is InChI=1S/C30H28FNO3/c1-18-14-15-25(30(33)34)29(31)28(18)26-16-21(35-27-13-6-5-11-24(26)27)17-32-19(2)22-12-7-9-20-8-3-4-10-23(20)22/h3-15,19,21,26,32H,16-17H2,1-2H3,(H,33,34)/t19-,21-,26-/m1/s1. The maximum absolute atomic E-state index is 15.4. The van der Waals surface area contributed by atoms with Crippen LogP contribution in [0.25, 0.3) is 10.8 Å². The van der Waals surface area contributed by atoms with E-state index in [1.165, 1.54) is 22.4 Å². The molecule has 0 amide bonds. The summed E-state index contributed by atoms with van der Waals surface area (Å²) in [7, 11) is 0. The first-order valence-corrected chi connectivity index (χ1v) is 11.9. The van der Waals surface area contributed by atoms with Crippen molar-refractivity contribution < 1.29 is 19.0 Å². The molecule has 0 saturated heterocycles. The van der Waals surface area contributed by atoms with Gasteiger partial charge in [-0.05, 0) is 59.9 Å². The average molecular weight is 470 g/mol. The van der Waals surface area contributed by atoms with E-state index in [1.807, 2.05) is 43.3 Å². The van der Waals surface area contributed by atoms with Gasteiger partial charge in [-0.15, -0.1) is 0 Å². The van der Waals surface area contributed by atoms with Crippen LogP contribution in [0.4, 0.5) is 4.39 Å². The molecule has 0 saturated carbocycles. The molecule has 0 fully saturated rings. The number of hydrogen-bond acceptors (Lipinski definition) is 3. The number of halogens is 1. The highest BCUT2D eigenvalue weighted by Crippen LogP contribution is 2.42. The van der Waals surface area contributed by atoms with Gasteiger partial charge in [-0.25, -0.2) is 9.18 Å². The summed E-state index contributed by atoms with van der Waals surface area (Å²) >= 11 is 0. The van der Waals surface area contributed by atoms with Gasteiger partial charge in [0.25, 0.3) is 0 Å². The van der Waals surface area contributed by atoms with E-state index in [9.17, 15) is 9.90 Å². The van der Waals surface area contributed by atoms with Crippen LogP contribution < -0.4 is 10.1 Å². The maximum atomic E-state index is 15.4. The van der Waals surface area contributed by atoms with Crippen LogP contribution in [0.1, 0.15) is 57.9 Å². The van der Waals surface area contributed by atoms with Crippen LogP contribution in [-0.2, 0) is 0 Å². The fourth-order valence-electron chi connectivity index (χ4n) is 5.22. The highest BCUT2D eigenvalue weighted by molar-refractivity contribution is 5.88. The second-order valence-electron chi connectivity index (χ2n) is 9.23. The number of ether oxygens (including phenoxy) is 1. The van der Waals surface area contributed by atoms with Crippen LogP contribution in [0, 0.1) is 12.7 Å². The number of hydrogen-bond donors (Lipinski definition) is 2. The average Bonchev–Trinajstić information content (AvgIpc) is 2.86. The topological polar surface area (TPSA) is 58.6 Å². The number of carboxylic acids is 1. The summed E-state index contributed by atoms with van der Waals surface area (Å²) in [6.07, 6.45) is 0.354. The van der Waals surface area contributed by atoms with E-state index < -0.39 is 11.8 Å². The molecular weight excluding hydrogens is 441 g/mol. The van der Waals surface area contributed by atoms with Gasteiger partial charge in [0.15, 0.2) is 0 Å². The Morgan fingerprint density at radius 3 is 2.63 bits per heavy atom. The molecular formula is C30H28FNO3. The van der Waals surface area contributed by atoms with Crippen molar-refractivity contribution in [1.29, 1.82) is 0 Å². The number of benzene rings is 4. The zero-order chi connectivity index (χ0) is 24.5. The van der Waals surface area contributed by atoms with Gasteiger partial charge >= 0.3 is 5.97 Å². The third-order valence-corrected chi connectivity index (χ3v) is 7.00. The molecule has 0 spiro atoms. The SMILES string of the molecule is Cc1ccc(C(=O)O)c(F)c1[C@@H]1C[C@H](CN[C@H](C)c2cccc3ccccc23)Oc2ccccc21. The third kappa shape index (κ3) is 4.40. The van der Waals surface area contributed by atoms with Gasteiger partial charge in [-0.2, -0.15) is 0 Å². The molecule has 0 unspecified atom stereocenters. The first-order valence-electron chi connectivity index (χ1n) is 11.9. The molecule has 0 aromatic heterocycles. The van der Waals surface area contributed by atoms with Crippen LogP contribution in [0.15, 0.2) is 78.9 Å². The summed E-state index contributed by atoms with van der Waals surface area (Å²) < 4.78 is 21.7. The Balaban J connectivity index is 1.43. The second-order valence-corrected chi connectivity index (χ2v) is 9.23. The van der Waals surface area contributed by atoms with Crippen molar-refractivity contribution in [2.24, 2.45) is 0 Å². The van der Waals surface area contributed by atoms with Crippen molar-refractivity contribution >= 4 is 16.7 Å². The fraction of sp³-hybridized carbons (Fsp3) is 0.233. The zero-order valence-corrected chi connectivity index (χ0v) is 19.8. The van der Waals surface area contributed by atoms with Gasteiger partial charge in [0.05, 0.1) is 5.56 Å². The van der Waals surface area contributed by atoms with Crippen LogP contribution in [-0.4, -0.2) is 23.7 Å². The summed E-state index contributed by atoms with van der Waals surface area (Å²) in [5, 5.41) is 15.5. The minimum absolute atomic E-state index is 0.0918. The Labute approximate surface area is 204 Å². The largest absolute Gasteiger partial charge is 0.489 e. The van der Waals surface area contributed by atoms with Gasteiger partial charge in [0.1, 0.15) is 17.7 Å². The van der Waals surface area contributed by atoms with E-state index in [-0.39, 0.29) is 23.6 Å². The maximum Gasteiger partial charge on any atom is 0.338 e. The van der Waals surface area contributed by atoms with Crippen molar-refractivity contribution in [2.45, 2.75) is 38.3 Å². The first kappa shape index (κ1) is 23.1. The summed E-state index contributed by atoms with van der Waals surface area (Å²) in [6.45, 7) is 4.54. The smallest absolute Gasteiger partial charge is 0.338 e. The number of aromatic carboxylic acids is 1. The molecule has 1 aliphatic rings. The Morgan fingerprint density at radius 2 is 1.80 bits per heavy atom. The molecule has 4 nitrogen and oxygen atoms in total. The fourth-order valence-corrected chi connectivity index (χ4v) is 5.22. The van der Waals surface area contributed by atoms with Gasteiger partial charge in [-0.3, -0.25) is 0 Å². The van der Waals surface area contributed by atoms with E-state index in [1.54, 1.807) is 6.07 Å². The summed E-state index contributed by atoms with van der Waals surface area (Å²) in [5.41, 5.74) is 2.98. The van der Waals surface area contributed by atoms with Crippen LogP contribution >= 0.6 is 0 Å². The molecule has 4 aromatic rings. The number of para-hydroxylation sites is 1. The number of aryl methyl sites for hydroxylation is 1. The molecule has 1 heterocycles. The number of carboxylic acid groups (broad SMARTS) is 1. The highest BCUT2D eigenvalue weighted by atomic mass is 19.1. The van der Waals surface area contributed by atoms with Gasteiger partial charge < -0.3 is 15.2 Å². The number of carbonyl (C=O) groups is 1. The van der Waals surface area contributed by atoms with Crippen molar-refractivity contribution in [2.75, 3.05) is 6.54 Å². The summed E-state index contributed by atoms with van der Waals surface area (Å²) in [6, 6.07) is 25.4. The number of rotatable bonds is 6. The molecule has 0 aliphatic carbocycles. The van der Waals surface area contributed by atoms with Crippen LogP contribution in [0.3, 0.4) is 0 Å². The second kappa shape index (κ2) is 9.51. The molecule has 2 N–H and O–H groups in total. The van der Waals surface area contributed by atoms with Gasteiger partial charge in [0, 0.05) is 24.1 Å². The Kier molecular flexibility index (Phi) is 6.27. The Morgan fingerprint density at radius 1 is 1.06 bits per heavy atom. The molecule has 4 aromatic carbocycles. The molecule has 3 atom stereocenters. The van der Waals surface area contributed by atoms with Crippen molar-refractivity contribution in [1.82, 2.24) is 5.32 Å². The van der Waals surface area contributed by atoms with E-state index in [2.05, 4.69) is 42.6 Å². The molecule has 0 bridgehead atoms. The summed E-state index contributed by atoms with van der Waals surface area (Å²) in [4.78, 5) is 11.6. The Hall–Kier alpha value is -3.70. The minimum Gasteiger partial charge on any atom is -0.489 e. The van der Waals surface area contributed by atoms with Crippen molar-refractivity contribution in [3.05, 3.63) is 112 Å². The Bertz CT molecular complexity index is 1390. The lowest BCUT2D eigenvalue weighted by atomic mass is 9.81. The predicted molar refractivity (Wildman–Crippen MR) is 136 cm³/mol. The lowest BCUT2D eigenvalue weighted by Crippen LogP contribution is -2.37. The molecule has 0 radical (unpaired) electrons. The molecule has 178 valence electrons. The van der Waals surface area contributed by atoms with Crippen molar-refractivity contribution in [3.63, 3.8) is 0 Å². The lowest BCUT2D eigenvalue weighted by Gasteiger charge is -2.34. The third-order valence-electron chi connectivity index (χ3n) is 7.00. The van der Waals surface area contributed by atoms with Crippen LogP contribution in [0.5, 0.6) is 5.75 Å². The van der Waals surface area contributed by atoms with E-state index in [0.29, 0.717) is 24.3 Å². The predicted octanol–water partition coefficient (Wildman–Crippen LogP) is 6.62. The number of fused-ring (bicyclic) bond motifs is 2. The lowest BCUT2D eigenvalue weighted by molar-refractivity contribution is 0.0691. The van der Waals surface area contributed by atoms with Crippen LogP contribution in [0.2, 0.25) is 0 Å². The van der Waals surface area contributed by atoms with Crippen molar-refractivity contribution in [3.8, 4) is 5.75 Å². The van der Waals surface area contributed by atoms with E-state index in [4.69, 9.17) is 4.74 Å². The quantitative estimate of drug-likeness (QED) is 0.333. The summed E-state index contributed by atoms with van der Waals surface area (Å²) in [5.74, 6) is -1.49. The van der Waals surface area contributed by atoms with E-state index in [0.717, 1.165) is 11.1 Å². The van der Waals surface area contributed by atoms with Gasteiger partial charge in [-0.1, -0.05) is 66.7 Å². The van der Waals surface area contributed by atoms with Gasteiger partial charge in [0.2, 0.25) is 0 Å². The molecule has 5 rings (SSSR count). The highest BCUT2D eigenvalue weighted by Gasteiger charge is 2.33.